The molecule has 7 nitrogen and oxygen atoms in total. The summed E-state index contributed by atoms with van der Waals surface area (Å²) in [5.41, 5.74) is 4.38. The Morgan fingerprint density at radius 3 is 2.48 bits per heavy atom. The quantitative estimate of drug-likeness (QED) is 0.693. The SMILES string of the molecule is CC(C)CCN1C(=O)N(CC(N)=O)C(=O)C12CCNCC2. The van der Waals surface area contributed by atoms with Crippen molar-refractivity contribution in [2.24, 2.45) is 11.7 Å². The van der Waals surface area contributed by atoms with Crippen LogP contribution >= 0.6 is 0 Å². The predicted molar refractivity (Wildman–Crippen MR) is 77.3 cm³/mol. The third-order valence-electron chi connectivity index (χ3n) is 4.30. The van der Waals surface area contributed by atoms with Gasteiger partial charge in [0.1, 0.15) is 12.1 Å². The first kappa shape index (κ1) is 15.8. The van der Waals surface area contributed by atoms with Crippen LogP contribution in [0.25, 0.3) is 0 Å². The molecule has 2 aliphatic rings. The van der Waals surface area contributed by atoms with E-state index in [2.05, 4.69) is 19.2 Å². The normalized spacial score (nSPS) is 21.7. The highest BCUT2D eigenvalue weighted by Crippen LogP contribution is 2.35. The van der Waals surface area contributed by atoms with Gasteiger partial charge >= 0.3 is 6.03 Å². The molecule has 2 aliphatic heterocycles. The second kappa shape index (κ2) is 6.01. The van der Waals surface area contributed by atoms with Crippen molar-refractivity contribution < 1.29 is 14.4 Å². The fourth-order valence-corrected chi connectivity index (χ4v) is 3.10. The Morgan fingerprint density at radius 2 is 1.95 bits per heavy atom. The first-order valence-electron chi connectivity index (χ1n) is 7.51. The third kappa shape index (κ3) is 2.88. The molecule has 118 valence electrons. The fraction of sp³-hybridized carbons (Fsp3) is 0.786. The van der Waals surface area contributed by atoms with E-state index in [0.29, 0.717) is 38.4 Å². The molecule has 7 heteroatoms. The lowest BCUT2D eigenvalue weighted by molar-refractivity contribution is -0.136. The number of carbonyl (C=O) groups excluding carboxylic acids is 3. The van der Waals surface area contributed by atoms with Gasteiger partial charge < -0.3 is 16.0 Å². The molecule has 21 heavy (non-hydrogen) atoms. The van der Waals surface area contributed by atoms with E-state index in [1.807, 2.05) is 0 Å². The molecule has 0 aliphatic carbocycles. The molecule has 0 saturated carbocycles. The number of imide groups is 1. The Kier molecular flexibility index (Phi) is 4.51. The third-order valence-corrected chi connectivity index (χ3v) is 4.30. The average Bonchev–Trinajstić information content (AvgIpc) is 2.60. The van der Waals surface area contributed by atoms with Crippen LogP contribution in [-0.2, 0) is 9.59 Å². The van der Waals surface area contributed by atoms with Crippen LogP contribution < -0.4 is 11.1 Å². The van der Waals surface area contributed by atoms with Gasteiger partial charge in [0.15, 0.2) is 0 Å². The second-order valence-electron chi connectivity index (χ2n) is 6.26. The summed E-state index contributed by atoms with van der Waals surface area (Å²) in [7, 11) is 0. The zero-order valence-electron chi connectivity index (χ0n) is 12.7. The molecule has 3 N–H and O–H groups in total. The van der Waals surface area contributed by atoms with Crippen molar-refractivity contribution in [1.82, 2.24) is 15.1 Å². The van der Waals surface area contributed by atoms with Gasteiger partial charge in [-0.3, -0.25) is 14.5 Å². The predicted octanol–water partition coefficient (Wildman–Crippen LogP) is -0.0958. The molecule has 2 rings (SSSR count). The van der Waals surface area contributed by atoms with Crippen LogP contribution in [0.4, 0.5) is 4.79 Å². The number of nitrogens with zero attached hydrogens (tertiary/aromatic N) is 2. The molecule has 2 heterocycles. The van der Waals surface area contributed by atoms with Crippen LogP contribution in [0, 0.1) is 5.92 Å². The van der Waals surface area contributed by atoms with Gasteiger partial charge in [-0.25, -0.2) is 4.79 Å². The van der Waals surface area contributed by atoms with Gasteiger partial charge in [0, 0.05) is 6.54 Å². The number of urea groups is 1. The number of rotatable bonds is 5. The topological polar surface area (TPSA) is 95.7 Å². The lowest BCUT2D eigenvalue weighted by Crippen LogP contribution is -2.56. The summed E-state index contributed by atoms with van der Waals surface area (Å²) in [5.74, 6) is -0.486. The molecule has 0 aromatic heterocycles. The van der Waals surface area contributed by atoms with E-state index in [-0.39, 0.29) is 18.5 Å². The van der Waals surface area contributed by atoms with Crippen LogP contribution in [0.3, 0.4) is 0 Å². The summed E-state index contributed by atoms with van der Waals surface area (Å²) in [6.07, 6.45) is 2.01. The van der Waals surface area contributed by atoms with Crippen LogP contribution in [0.2, 0.25) is 0 Å². The van der Waals surface area contributed by atoms with E-state index in [1.165, 1.54) is 0 Å². The van der Waals surface area contributed by atoms with Crippen molar-refractivity contribution in [2.45, 2.75) is 38.6 Å². The van der Waals surface area contributed by atoms with Gasteiger partial charge in [-0.15, -0.1) is 0 Å². The first-order chi connectivity index (χ1) is 9.88. The van der Waals surface area contributed by atoms with E-state index in [0.717, 1.165) is 11.3 Å². The highest BCUT2D eigenvalue weighted by molar-refractivity contribution is 6.09. The van der Waals surface area contributed by atoms with Crippen molar-refractivity contribution in [2.75, 3.05) is 26.2 Å². The van der Waals surface area contributed by atoms with Crippen LogP contribution in [0.15, 0.2) is 0 Å². The molecule has 0 aromatic carbocycles. The number of carbonyl (C=O) groups is 3. The molecular formula is C14H24N4O3. The minimum atomic E-state index is -0.785. The summed E-state index contributed by atoms with van der Waals surface area (Å²) < 4.78 is 0. The molecule has 0 radical (unpaired) electrons. The molecule has 2 fully saturated rings. The summed E-state index contributed by atoms with van der Waals surface area (Å²) in [6, 6.07) is -0.374. The Balaban J connectivity index is 2.26. The molecule has 4 amide bonds. The highest BCUT2D eigenvalue weighted by atomic mass is 16.2. The van der Waals surface area contributed by atoms with Crippen LogP contribution in [0.5, 0.6) is 0 Å². The fourth-order valence-electron chi connectivity index (χ4n) is 3.10. The smallest absolute Gasteiger partial charge is 0.328 e. The van der Waals surface area contributed by atoms with Gasteiger partial charge in [-0.1, -0.05) is 13.8 Å². The zero-order valence-corrected chi connectivity index (χ0v) is 12.7. The average molecular weight is 296 g/mol. The van der Waals surface area contributed by atoms with Crippen molar-refractivity contribution in [1.29, 1.82) is 0 Å². The van der Waals surface area contributed by atoms with Gasteiger partial charge in [0.25, 0.3) is 5.91 Å². The lowest BCUT2D eigenvalue weighted by Gasteiger charge is -2.38. The molecule has 2 saturated heterocycles. The minimum Gasteiger partial charge on any atom is -0.368 e. The first-order valence-corrected chi connectivity index (χ1v) is 7.51. The Labute approximate surface area is 124 Å². The molecule has 0 aromatic rings. The Hall–Kier alpha value is -1.63. The number of nitrogens with two attached hydrogens (primary N) is 1. The summed E-state index contributed by atoms with van der Waals surface area (Å²) in [6.45, 7) is 5.77. The summed E-state index contributed by atoms with van der Waals surface area (Å²) in [4.78, 5) is 39.1. The lowest BCUT2D eigenvalue weighted by atomic mass is 9.86. The van der Waals surface area contributed by atoms with Crippen LogP contribution in [0.1, 0.15) is 33.1 Å². The monoisotopic (exact) mass is 296 g/mol. The number of hydrogen-bond donors (Lipinski definition) is 2. The van der Waals surface area contributed by atoms with E-state index < -0.39 is 11.4 Å². The highest BCUT2D eigenvalue weighted by Gasteiger charge is 2.57. The number of hydrogen-bond acceptors (Lipinski definition) is 4. The number of nitrogens with one attached hydrogen (secondary N) is 1. The maximum absolute atomic E-state index is 12.7. The standard InChI is InChI=1S/C14H24N4O3/c1-10(2)3-8-18-13(21)17(9-11(15)19)12(20)14(18)4-6-16-7-5-14/h10,16H,3-9H2,1-2H3,(H2,15,19). The van der Waals surface area contributed by atoms with E-state index in [4.69, 9.17) is 5.73 Å². The summed E-state index contributed by atoms with van der Waals surface area (Å²) >= 11 is 0. The van der Waals surface area contributed by atoms with Gasteiger partial charge in [0.05, 0.1) is 0 Å². The van der Waals surface area contributed by atoms with Crippen LogP contribution in [-0.4, -0.2) is 59.4 Å². The minimum absolute atomic E-state index is 0.267. The van der Waals surface area contributed by atoms with Crippen molar-refractivity contribution in [3.05, 3.63) is 0 Å². The summed E-state index contributed by atoms with van der Waals surface area (Å²) in [5, 5.41) is 3.21. The van der Waals surface area contributed by atoms with Crippen molar-refractivity contribution >= 4 is 17.8 Å². The molecular weight excluding hydrogens is 272 g/mol. The molecule has 1 spiro atoms. The molecule has 0 bridgehead atoms. The van der Waals surface area contributed by atoms with Crippen molar-refractivity contribution in [3.63, 3.8) is 0 Å². The number of piperidine rings is 1. The Morgan fingerprint density at radius 1 is 1.33 bits per heavy atom. The second-order valence-corrected chi connectivity index (χ2v) is 6.26. The van der Waals surface area contributed by atoms with E-state index in [1.54, 1.807) is 4.90 Å². The van der Waals surface area contributed by atoms with Crippen molar-refractivity contribution in [3.8, 4) is 0 Å². The van der Waals surface area contributed by atoms with Gasteiger partial charge in [-0.2, -0.15) is 0 Å². The maximum Gasteiger partial charge on any atom is 0.328 e. The molecule has 0 atom stereocenters. The number of primary amides is 1. The van der Waals surface area contributed by atoms with E-state index >= 15 is 0 Å². The maximum atomic E-state index is 12.7. The van der Waals surface area contributed by atoms with E-state index in [9.17, 15) is 14.4 Å². The van der Waals surface area contributed by atoms with Gasteiger partial charge in [0.2, 0.25) is 5.91 Å². The Bertz CT molecular complexity index is 444. The molecule has 0 unspecified atom stereocenters. The van der Waals surface area contributed by atoms with Gasteiger partial charge in [-0.05, 0) is 38.3 Å². The number of amides is 4. The zero-order chi connectivity index (χ0) is 15.6. The largest absolute Gasteiger partial charge is 0.368 e.